The van der Waals surface area contributed by atoms with E-state index in [1.54, 1.807) is 30.5 Å². The van der Waals surface area contributed by atoms with Gasteiger partial charge in [-0.2, -0.15) is 4.98 Å². The van der Waals surface area contributed by atoms with Gasteiger partial charge in [-0.15, -0.1) is 0 Å². The summed E-state index contributed by atoms with van der Waals surface area (Å²) >= 11 is 0. The van der Waals surface area contributed by atoms with E-state index in [1.165, 1.54) is 0 Å². The van der Waals surface area contributed by atoms with Crippen LogP contribution >= 0.6 is 0 Å². The lowest BCUT2D eigenvalue weighted by molar-refractivity contribution is -0.121. The third kappa shape index (κ3) is 4.65. The van der Waals surface area contributed by atoms with Gasteiger partial charge in [0, 0.05) is 29.5 Å². The van der Waals surface area contributed by atoms with Crippen molar-refractivity contribution in [2.45, 2.75) is 118 Å². The van der Waals surface area contributed by atoms with Gasteiger partial charge in [0.25, 0.3) is 0 Å². The van der Waals surface area contributed by atoms with Gasteiger partial charge in [0.05, 0.1) is 21.2 Å². The van der Waals surface area contributed by atoms with Gasteiger partial charge < -0.3 is 15.3 Å². The Morgan fingerprint density at radius 2 is 1.71 bits per heavy atom. The predicted molar refractivity (Wildman–Crippen MR) is 162 cm³/mol. The third-order valence-corrected chi connectivity index (χ3v) is 13.1. The van der Waals surface area contributed by atoms with Gasteiger partial charge in [-0.25, -0.2) is 13.4 Å². The lowest BCUT2D eigenvalue weighted by Gasteiger charge is -2.52. The number of carbonyl (C=O) groups is 1. The van der Waals surface area contributed by atoms with E-state index in [4.69, 9.17) is 4.98 Å². The second-order valence-corrected chi connectivity index (χ2v) is 16.5. The zero-order valence-electron chi connectivity index (χ0n) is 25.0. The fourth-order valence-electron chi connectivity index (χ4n) is 8.09. The molecule has 0 unspecified atom stereocenters. The van der Waals surface area contributed by atoms with Gasteiger partial charge in [0.2, 0.25) is 11.9 Å². The van der Waals surface area contributed by atoms with Crippen molar-refractivity contribution in [2.75, 3.05) is 23.3 Å². The largest absolute Gasteiger partial charge is 0.390 e. The lowest BCUT2D eigenvalue weighted by Crippen LogP contribution is -2.52. The summed E-state index contributed by atoms with van der Waals surface area (Å²) in [5.41, 5.74) is 0.482. The molecule has 7 rings (SSSR count). The number of likely N-dealkylation sites (tertiary alicyclic amines) is 1. The Bertz CT molecular complexity index is 1490. The van der Waals surface area contributed by atoms with Crippen LogP contribution in [0.1, 0.15) is 90.5 Å². The molecular formula is C32H43N5O4S. The second-order valence-electron chi connectivity index (χ2n) is 14.3. The zero-order chi connectivity index (χ0) is 29.5. The predicted octanol–water partition coefficient (Wildman–Crippen LogP) is 4.72. The first-order valence-corrected chi connectivity index (χ1v) is 17.2. The number of amides is 1. The van der Waals surface area contributed by atoms with Crippen molar-refractivity contribution in [1.29, 1.82) is 0 Å². The van der Waals surface area contributed by atoms with Crippen LogP contribution in [0.2, 0.25) is 0 Å². The Hall–Kier alpha value is -2.56. The summed E-state index contributed by atoms with van der Waals surface area (Å²) in [4.78, 5) is 27.6. The highest BCUT2D eigenvalue weighted by atomic mass is 32.2. The Balaban J connectivity index is 1.05. The average Bonchev–Trinajstić information content (AvgIpc) is 3.69. The molecule has 9 nitrogen and oxygen atoms in total. The minimum absolute atomic E-state index is 0.0828. The van der Waals surface area contributed by atoms with Crippen LogP contribution in [0.5, 0.6) is 0 Å². The van der Waals surface area contributed by atoms with Crippen LogP contribution in [0.3, 0.4) is 0 Å². The number of carbonyl (C=O) groups excluding carboxylic acids is 1. The highest BCUT2D eigenvalue weighted by Gasteiger charge is 2.61. The molecule has 3 saturated carbocycles. The molecule has 1 saturated heterocycles. The number of benzene rings is 1. The molecule has 0 bridgehead atoms. The van der Waals surface area contributed by atoms with E-state index >= 15 is 0 Å². The van der Waals surface area contributed by atoms with Crippen LogP contribution in [0.15, 0.2) is 35.4 Å². The molecule has 3 aliphatic carbocycles. The molecule has 2 spiro atoms. The van der Waals surface area contributed by atoms with Gasteiger partial charge >= 0.3 is 0 Å². The molecule has 5 aliphatic rings. The molecule has 1 aromatic carbocycles. The van der Waals surface area contributed by atoms with E-state index in [9.17, 15) is 18.3 Å². The standard InChI is InChI=1S/C32H43N5O4S/c1-21(2)36-15-13-31(14-16-36)18-25(19-31)42(40,41)24-8-6-22(7-9-24)34-29-33-20-26-27(35-29)37(28(38)32(26)11-12-32)23-5-4-10-30(3,39)17-23/h6-9,20-21,23,25,39H,4-5,10-19H2,1-3H3,(H,33,34,35)/t23-,30-/m1/s1. The number of hydrogen-bond donors (Lipinski definition) is 2. The van der Waals surface area contributed by atoms with Crippen LogP contribution in [0, 0.1) is 5.41 Å². The number of anilines is 3. The number of sulfone groups is 1. The van der Waals surface area contributed by atoms with E-state index in [2.05, 4.69) is 29.0 Å². The molecule has 2 aromatic rings. The highest BCUT2D eigenvalue weighted by Crippen LogP contribution is 2.58. The molecule has 0 radical (unpaired) electrons. The summed E-state index contributed by atoms with van der Waals surface area (Å²) in [6.45, 7) is 8.42. The Morgan fingerprint density at radius 3 is 2.33 bits per heavy atom. The van der Waals surface area contributed by atoms with E-state index in [0.29, 0.717) is 34.8 Å². The first kappa shape index (κ1) is 28.2. The molecule has 42 heavy (non-hydrogen) atoms. The van der Waals surface area contributed by atoms with Crippen LogP contribution in [-0.2, 0) is 20.0 Å². The Kier molecular flexibility index (Phi) is 6.53. The van der Waals surface area contributed by atoms with Crippen molar-refractivity contribution in [3.8, 4) is 0 Å². The Labute approximate surface area is 249 Å². The molecule has 4 fully saturated rings. The van der Waals surface area contributed by atoms with Crippen LogP contribution in [-0.4, -0.2) is 70.3 Å². The van der Waals surface area contributed by atoms with E-state index in [-0.39, 0.29) is 22.6 Å². The number of nitrogens with one attached hydrogen (secondary N) is 1. The lowest BCUT2D eigenvalue weighted by atomic mass is 9.63. The van der Waals surface area contributed by atoms with Crippen molar-refractivity contribution in [3.63, 3.8) is 0 Å². The molecule has 226 valence electrons. The van der Waals surface area contributed by atoms with Crippen molar-refractivity contribution in [3.05, 3.63) is 36.0 Å². The van der Waals surface area contributed by atoms with Crippen molar-refractivity contribution in [2.24, 2.45) is 5.41 Å². The van der Waals surface area contributed by atoms with Crippen molar-refractivity contribution < 1.29 is 18.3 Å². The summed E-state index contributed by atoms with van der Waals surface area (Å²) < 4.78 is 26.9. The first-order valence-electron chi connectivity index (χ1n) is 15.7. The smallest absolute Gasteiger partial charge is 0.239 e. The van der Waals surface area contributed by atoms with Crippen molar-refractivity contribution >= 4 is 33.2 Å². The fraction of sp³-hybridized carbons (Fsp3) is 0.656. The van der Waals surface area contributed by atoms with Crippen molar-refractivity contribution in [1.82, 2.24) is 14.9 Å². The third-order valence-electron chi connectivity index (χ3n) is 11.0. The number of hydrogen-bond acceptors (Lipinski definition) is 8. The van der Waals surface area contributed by atoms with Gasteiger partial charge in [-0.1, -0.05) is 0 Å². The summed E-state index contributed by atoms with van der Waals surface area (Å²) in [6.07, 6.45) is 10.1. The summed E-state index contributed by atoms with van der Waals surface area (Å²) in [6, 6.07) is 7.35. The molecule has 1 aromatic heterocycles. The van der Waals surface area contributed by atoms with E-state index < -0.39 is 20.9 Å². The maximum absolute atomic E-state index is 13.6. The topological polar surface area (TPSA) is 116 Å². The summed E-state index contributed by atoms with van der Waals surface area (Å²) in [5, 5.41) is 13.7. The van der Waals surface area contributed by atoms with Crippen LogP contribution in [0.4, 0.5) is 17.5 Å². The molecule has 1 amide bonds. The normalized spacial score (nSPS) is 28.7. The molecular weight excluding hydrogens is 550 g/mol. The summed E-state index contributed by atoms with van der Waals surface area (Å²) in [5.74, 6) is 1.11. The fourth-order valence-corrected chi connectivity index (χ4v) is 10.1. The number of nitrogens with zero attached hydrogens (tertiary/aromatic N) is 4. The van der Waals surface area contributed by atoms with Gasteiger partial charge in [-0.05, 0) is 128 Å². The SMILES string of the molecule is CC(C)N1CCC2(CC1)CC(S(=O)(=O)c1ccc(Nc3ncc4c(n3)N([C@@H]3CCC[C@@](C)(O)C3)C(=O)C43CC3)cc1)C2. The van der Waals surface area contributed by atoms with E-state index in [1.807, 2.05) is 11.8 Å². The highest BCUT2D eigenvalue weighted by molar-refractivity contribution is 7.92. The first-order chi connectivity index (χ1) is 19.9. The number of aromatic nitrogens is 2. The maximum Gasteiger partial charge on any atom is 0.239 e. The van der Waals surface area contributed by atoms with E-state index in [0.717, 1.165) is 76.4 Å². The number of rotatable bonds is 6. The van der Waals surface area contributed by atoms with Crippen LogP contribution < -0.4 is 10.2 Å². The summed E-state index contributed by atoms with van der Waals surface area (Å²) in [7, 11) is -3.38. The molecule has 2 aliphatic heterocycles. The Morgan fingerprint density at radius 1 is 1.02 bits per heavy atom. The van der Waals surface area contributed by atoms with Gasteiger partial charge in [-0.3, -0.25) is 9.69 Å². The number of fused-ring (bicyclic) bond motifs is 2. The minimum atomic E-state index is -3.38. The second kappa shape index (κ2) is 9.72. The molecule has 2 atom stereocenters. The maximum atomic E-state index is 13.6. The molecule has 3 heterocycles. The molecule has 10 heteroatoms. The minimum Gasteiger partial charge on any atom is -0.390 e. The van der Waals surface area contributed by atoms with Gasteiger partial charge in [0.15, 0.2) is 9.84 Å². The van der Waals surface area contributed by atoms with Gasteiger partial charge in [0.1, 0.15) is 5.82 Å². The van der Waals surface area contributed by atoms with Crippen LogP contribution in [0.25, 0.3) is 0 Å². The monoisotopic (exact) mass is 593 g/mol. The molecule has 2 N–H and O–H groups in total. The zero-order valence-corrected chi connectivity index (χ0v) is 25.8. The number of aliphatic hydroxyl groups is 1. The average molecular weight is 594 g/mol. The quantitative estimate of drug-likeness (QED) is 0.495. The number of piperidine rings is 1.